The quantitative estimate of drug-likeness (QED) is 0.941. The van der Waals surface area contributed by atoms with Crippen molar-refractivity contribution < 1.29 is 9.32 Å². The van der Waals surface area contributed by atoms with Crippen LogP contribution in [0.1, 0.15) is 22.1 Å². The largest absolute Gasteiger partial charge is 0.345 e. The monoisotopic (exact) mass is 295 g/mol. The molecule has 0 unspecified atom stereocenters. The van der Waals surface area contributed by atoms with Crippen LogP contribution in [0.5, 0.6) is 0 Å². The van der Waals surface area contributed by atoms with Crippen LogP contribution in [0.4, 0.5) is 0 Å². The van der Waals surface area contributed by atoms with E-state index >= 15 is 0 Å². The molecule has 6 heteroatoms. The third kappa shape index (κ3) is 3.13. The Morgan fingerprint density at radius 2 is 2.35 bits per heavy atom. The summed E-state index contributed by atoms with van der Waals surface area (Å²) in [6.45, 7) is 1.95. The van der Waals surface area contributed by atoms with Gasteiger partial charge >= 0.3 is 0 Å². The predicted octanol–water partition coefficient (Wildman–Crippen LogP) is 2.07. The van der Waals surface area contributed by atoms with Crippen LogP contribution in [0.2, 0.25) is 0 Å². The molecule has 1 aromatic carbocycles. The summed E-state index contributed by atoms with van der Waals surface area (Å²) in [6, 6.07) is 7.15. The minimum absolute atomic E-state index is 0.172. The summed E-state index contributed by atoms with van der Waals surface area (Å²) >= 11 is 3.31. The highest BCUT2D eigenvalue weighted by atomic mass is 79.9. The first-order valence-corrected chi connectivity index (χ1v) is 5.77. The Labute approximate surface area is 106 Å². The minimum atomic E-state index is -0.172. The molecule has 0 saturated heterocycles. The maximum atomic E-state index is 11.8. The number of hydrogen-bond acceptors (Lipinski definition) is 4. The van der Waals surface area contributed by atoms with Crippen LogP contribution >= 0.6 is 15.9 Å². The summed E-state index contributed by atoms with van der Waals surface area (Å²) in [5, 5.41) is 6.40. The number of benzene rings is 1. The van der Waals surface area contributed by atoms with Gasteiger partial charge in [0.1, 0.15) is 0 Å². The molecule has 0 fully saturated rings. The van der Waals surface area contributed by atoms with E-state index in [2.05, 4.69) is 31.4 Å². The zero-order chi connectivity index (χ0) is 12.3. The topological polar surface area (TPSA) is 68.0 Å². The van der Waals surface area contributed by atoms with Gasteiger partial charge in [-0.25, -0.2) is 0 Å². The first-order valence-electron chi connectivity index (χ1n) is 4.98. The number of carbonyl (C=O) groups excluding carboxylic acids is 1. The molecule has 2 aromatic rings. The Morgan fingerprint density at radius 3 is 3.00 bits per heavy atom. The fourth-order valence-corrected chi connectivity index (χ4v) is 1.70. The maximum absolute atomic E-state index is 11.8. The number of aryl methyl sites for hydroxylation is 1. The van der Waals surface area contributed by atoms with Crippen LogP contribution in [-0.2, 0) is 6.54 Å². The fraction of sp³-hybridized carbons (Fsp3) is 0.182. The maximum Gasteiger partial charge on any atom is 0.251 e. The average molecular weight is 296 g/mol. The molecule has 1 aromatic heterocycles. The number of hydrogen-bond donors (Lipinski definition) is 1. The summed E-state index contributed by atoms with van der Waals surface area (Å²) < 4.78 is 5.66. The van der Waals surface area contributed by atoms with Gasteiger partial charge in [-0.1, -0.05) is 27.2 Å². The Kier molecular flexibility index (Phi) is 3.53. The lowest BCUT2D eigenvalue weighted by molar-refractivity contribution is 0.0949. The van der Waals surface area contributed by atoms with Crippen LogP contribution in [0, 0.1) is 6.92 Å². The SMILES string of the molecule is Cc1nc(CNC(=O)c2cccc(Br)c2)no1. The van der Waals surface area contributed by atoms with E-state index in [9.17, 15) is 4.79 Å². The lowest BCUT2D eigenvalue weighted by atomic mass is 10.2. The number of nitrogens with zero attached hydrogens (tertiary/aromatic N) is 2. The molecule has 5 nitrogen and oxygen atoms in total. The minimum Gasteiger partial charge on any atom is -0.345 e. The second-order valence-electron chi connectivity index (χ2n) is 3.42. The normalized spacial score (nSPS) is 10.2. The number of aromatic nitrogens is 2. The number of rotatable bonds is 3. The van der Waals surface area contributed by atoms with Gasteiger partial charge in [0, 0.05) is 17.0 Å². The van der Waals surface area contributed by atoms with Gasteiger partial charge in [0.15, 0.2) is 5.82 Å². The molecule has 0 aliphatic rings. The molecule has 0 aliphatic carbocycles. The molecule has 0 aliphatic heterocycles. The zero-order valence-corrected chi connectivity index (χ0v) is 10.7. The van der Waals surface area contributed by atoms with E-state index in [1.165, 1.54) is 0 Å². The van der Waals surface area contributed by atoms with Crippen molar-refractivity contribution >= 4 is 21.8 Å². The second kappa shape index (κ2) is 5.09. The number of nitrogens with one attached hydrogen (secondary N) is 1. The van der Waals surface area contributed by atoms with E-state index in [1.807, 2.05) is 6.07 Å². The standard InChI is InChI=1S/C11H10BrN3O2/c1-7-14-10(15-17-7)6-13-11(16)8-3-2-4-9(12)5-8/h2-5H,6H2,1H3,(H,13,16). The van der Waals surface area contributed by atoms with E-state index in [4.69, 9.17) is 4.52 Å². The molecule has 0 bridgehead atoms. The van der Waals surface area contributed by atoms with Crippen molar-refractivity contribution in [3.05, 3.63) is 46.0 Å². The van der Waals surface area contributed by atoms with Crippen molar-refractivity contribution in [1.29, 1.82) is 0 Å². The smallest absolute Gasteiger partial charge is 0.251 e. The summed E-state index contributed by atoms with van der Waals surface area (Å²) in [5.74, 6) is 0.774. The van der Waals surface area contributed by atoms with Crippen LogP contribution in [-0.4, -0.2) is 16.0 Å². The molecule has 0 radical (unpaired) electrons. The number of amides is 1. The van der Waals surface area contributed by atoms with E-state index < -0.39 is 0 Å². The zero-order valence-electron chi connectivity index (χ0n) is 9.11. The Morgan fingerprint density at radius 1 is 1.53 bits per heavy atom. The molecule has 0 saturated carbocycles. The van der Waals surface area contributed by atoms with Gasteiger partial charge in [-0.2, -0.15) is 4.98 Å². The van der Waals surface area contributed by atoms with Crippen LogP contribution in [0.25, 0.3) is 0 Å². The Bertz CT molecular complexity index is 539. The lowest BCUT2D eigenvalue weighted by Gasteiger charge is -2.02. The van der Waals surface area contributed by atoms with Crippen LogP contribution < -0.4 is 5.32 Å². The highest BCUT2D eigenvalue weighted by Crippen LogP contribution is 2.11. The van der Waals surface area contributed by atoms with Gasteiger partial charge in [0.25, 0.3) is 5.91 Å². The first kappa shape index (κ1) is 11.8. The van der Waals surface area contributed by atoms with Crippen molar-refractivity contribution in [2.45, 2.75) is 13.5 Å². The summed E-state index contributed by atoms with van der Waals surface area (Å²) in [7, 11) is 0. The highest BCUT2D eigenvalue weighted by molar-refractivity contribution is 9.10. The summed E-state index contributed by atoms with van der Waals surface area (Å²) in [6.07, 6.45) is 0. The molecule has 1 amide bonds. The molecular formula is C11H10BrN3O2. The van der Waals surface area contributed by atoms with E-state index in [-0.39, 0.29) is 12.5 Å². The molecule has 1 heterocycles. The second-order valence-corrected chi connectivity index (χ2v) is 4.34. The summed E-state index contributed by atoms with van der Waals surface area (Å²) in [4.78, 5) is 15.8. The van der Waals surface area contributed by atoms with E-state index in [1.54, 1.807) is 25.1 Å². The lowest BCUT2D eigenvalue weighted by Crippen LogP contribution is -2.23. The third-order valence-corrected chi connectivity index (χ3v) is 2.56. The molecule has 0 atom stereocenters. The Hall–Kier alpha value is -1.69. The number of carbonyl (C=O) groups is 1. The van der Waals surface area contributed by atoms with Gasteiger partial charge < -0.3 is 9.84 Å². The average Bonchev–Trinajstić information content (AvgIpc) is 2.72. The van der Waals surface area contributed by atoms with E-state index in [0.29, 0.717) is 17.3 Å². The number of halogens is 1. The van der Waals surface area contributed by atoms with Crippen molar-refractivity contribution in [2.75, 3.05) is 0 Å². The van der Waals surface area contributed by atoms with Crippen molar-refractivity contribution in [1.82, 2.24) is 15.5 Å². The molecule has 17 heavy (non-hydrogen) atoms. The Balaban J connectivity index is 1.98. The van der Waals surface area contributed by atoms with Crippen molar-refractivity contribution in [3.8, 4) is 0 Å². The molecule has 88 valence electrons. The summed E-state index contributed by atoms with van der Waals surface area (Å²) in [5.41, 5.74) is 0.583. The van der Waals surface area contributed by atoms with Crippen LogP contribution in [0.3, 0.4) is 0 Å². The van der Waals surface area contributed by atoms with Gasteiger partial charge in [0.05, 0.1) is 6.54 Å². The highest BCUT2D eigenvalue weighted by Gasteiger charge is 2.07. The van der Waals surface area contributed by atoms with Crippen LogP contribution in [0.15, 0.2) is 33.3 Å². The van der Waals surface area contributed by atoms with Crippen molar-refractivity contribution in [2.24, 2.45) is 0 Å². The van der Waals surface area contributed by atoms with Gasteiger partial charge in [-0.3, -0.25) is 4.79 Å². The first-order chi connectivity index (χ1) is 8.15. The molecule has 2 rings (SSSR count). The van der Waals surface area contributed by atoms with Gasteiger partial charge in [-0.15, -0.1) is 0 Å². The molecule has 0 spiro atoms. The van der Waals surface area contributed by atoms with Gasteiger partial charge in [0.2, 0.25) is 5.89 Å². The molecular weight excluding hydrogens is 286 g/mol. The van der Waals surface area contributed by atoms with E-state index in [0.717, 1.165) is 4.47 Å². The van der Waals surface area contributed by atoms with Crippen molar-refractivity contribution in [3.63, 3.8) is 0 Å². The third-order valence-electron chi connectivity index (χ3n) is 2.06. The fourth-order valence-electron chi connectivity index (χ4n) is 1.30. The van der Waals surface area contributed by atoms with Gasteiger partial charge in [-0.05, 0) is 18.2 Å². The predicted molar refractivity (Wildman–Crippen MR) is 64.3 cm³/mol. The molecule has 1 N–H and O–H groups in total.